The van der Waals surface area contributed by atoms with Crippen molar-refractivity contribution in [1.82, 2.24) is 0 Å². The normalized spacial score (nSPS) is 39.3. The van der Waals surface area contributed by atoms with Crippen LogP contribution in [0.4, 0.5) is 0 Å². The lowest BCUT2D eigenvalue weighted by Gasteiger charge is -2.39. The molecule has 0 aromatic carbocycles. The number of rotatable bonds is 4. The van der Waals surface area contributed by atoms with Gasteiger partial charge in [0.2, 0.25) is 0 Å². The van der Waals surface area contributed by atoms with E-state index in [-0.39, 0.29) is 0 Å². The zero-order valence-corrected chi connectivity index (χ0v) is 10.4. The molecule has 0 aromatic heterocycles. The van der Waals surface area contributed by atoms with Gasteiger partial charge < -0.3 is 34.9 Å². The Balaban J connectivity index is 2.62. The van der Waals surface area contributed by atoms with Gasteiger partial charge in [-0.2, -0.15) is 0 Å². The molecular formula is C7H15O8PS. The summed E-state index contributed by atoms with van der Waals surface area (Å²) in [5, 5.41) is 37.2. The number of thioether (sulfide) groups is 1. The lowest BCUT2D eigenvalue weighted by Crippen LogP contribution is -2.57. The molecule has 8 nitrogen and oxygen atoms in total. The number of hydrogen-bond acceptors (Lipinski definition) is 7. The molecule has 17 heavy (non-hydrogen) atoms. The molecule has 10 heteroatoms. The summed E-state index contributed by atoms with van der Waals surface area (Å²) in [5.74, 6) is 0. The van der Waals surface area contributed by atoms with Crippen molar-refractivity contribution in [2.24, 2.45) is 0 Å². The van der Waals surface area contributed by atoms with E-state index in [1.165, 1.54) is 0 Å². The minimum absolute atomic E-state index is 0.572. The predicted octanol–water partition coefficient (Wildman–Crippen LogP) is -2.35. The van der Waals surface area contributed by atoms with Gasteiger partial charge in [0.1, 0.15) is 29.9 Å². The first kappa shape index (κ1) is 15.4. The van der Waals surface area contributed by atoms with Gasteiger partial charge in [0.05, 0.1) is 12.1 Å². The molecular weight excluding hydrogens is 275 g/mol. The minimum Gasteiger partial charge on any atom is -0.394 e. The third kappa shape index (κ3) is 4.16. The highest BCUT2D eigenvalue weighted by Crippen LogP contribution is 2.42. The zero-order chi connectivity index (χ0) is 13.2. The predicted molar refractivity (Wildman–Crippen MR) is 58.3 cm³/mol. The highest BCUT2D eigenvalue weighted by molar-refractivity contribution is 8.04. The molecule has 1 saturated heterocycles. The summed E-state index contributed by atoms with van der Waals surface area (Å²) in [6.07, 6.45) is -5.55. The molecule has 0 spiro atoms. The maximum Gasteiger partial charge on any atom is 0.335 e. The van der Waals surface area contributed by atoms with E-state index >= 15 is 0 Å². The van der Waals surface area contributed by atoms with Crippen molar-refractivity contribution >= 4 is 19.4 Å². The summed E-state index contributed by atoms with van der Waals surface area (Å²) >= 11 is 0.620. The van der Waals surface area contributed by atoms with Crippen molar-refractivity contribution in [1.29, 1.82) is 0 Å². The second-order valence-electron chi connectivity index (χ2n) is 3.66. The Hall–Kier alpha value is 0.300. The molecule has 0 bridgehead atoms. The first-order valence-electron chi connectivity index (χ1n) is 4.73. The van der Waals surface area contributed by atoms with Crippen LogP contribution in [0.2, 0.25) is 0 Å². The van der Waals surface area contributed by atoms with Crippen molar-refractivity contribution in [3.05, 3.63) is 0 Å². The first-order valence-corrected chi connectivity index (χ1v) is 7.57. The Morgan fingerprint density at radius 3 is 2.18 bits per heavy atom. The fraction of sp³-hybridized carbons (Fsp3) is 1.00. The molecule has 0 radical (unpaired) electrons. The molecule has 1 heterocycles. The minimum atomic E-state index is -4.26. The molecule has 102 valence electrons. The van der Waals surface area contributed by atoms with E-state index in [1.54, 1.807) is 0 Å². The van der Waals surface area contributed by atoms with Crippen molar-refractivity contribution in [2.75, 3.05) is 12.1 Å². The molecule has 6 N–H and O–H groups in total. The molecule has 0 amide bonds. The summed E-state index contributed by atoms with van der Waals surface area (Å²) in [7, 11) is -4.26. The van der Waals surface area contributed by atoms with E-state index in [4.69, 9.17) is 19.6 Å². The molecule has 0 unspecified atom stereocenters. The molecule has 1 aliphatic rings. The van der Waals surface area contributed by atoms with Crippen LogP contribution in [0.15, 0.2) is 0 Å². The third-order valence-corrected chi connectivity index (χ3v) is 4.92. The van der Waals surface area contributed by atoms with Crippen LogP contribution in [-0.4, -0.2) is 72.2 Å². The molecule has 1 rings (SSSR count). The van der Waals surface area contributed by atoms with Crippen LogP contribution < -0.4 is 0 Å². The molecule has 0 aliphatic carbocycles. The van der Waals surface area contributed by atoms with E-state index in [9.17, 15) is 19.9 Å². The van der Waals surface area contributed by atoms with E-state index in [0.29, 0.717) is 11.8 Å². The average Bonchev–Trinajstić information content (AvgIpc) is 2.24. The Labute approximate surface area is 101 Å². The largest absolute Gasteiger partial charge is 0.394 e. The van der Waals surface area contributed by atoms with Crippen LogP contribution in [0.1, 0.15) is 0 Å². The lowest BCUT2D eigenvalue weighted by atomic mass is 10.0. The highest BCUT2D eigenvalue weighted by Gasteiger charge is 2.44. The van der Waals surface area contributed by atoms with Crippen LogP contribution in [0.3, 0.4) is 0 Å². The van der Waals surface area contributed by atoms with Gasteiger partial charge in [-0.25, -0.2) is 0 Å². The number of ether oxygens (including phenoxy) is 1. The number of aliphatic hydroxyl groups excluding tert-OH is 4. The smallest absolute Gasteiger partial charge is 0.335 e. The molecule has 1 fully saturated rings. The Kier molecular flexibility index (Phi) is 5.39. The van der Waals surface area contributed by atoms with Gasteiger partial charge in [0.25, 0.3) is 0 Å². The van der Waals surface area contributed by atoms with Crippen molar-refractivity contribution < 1.29 is 39.5 Å². The maximum atomic E-state index is 10.7. The van der Waals surface area contributed by atoms with E-state index in [1.807, 2.05) is 0 Å². The summed E-state index contributed by atoms with van der Waals surface area (Å²) in [5.41, 5.74) is -1.70. The Bertz CT molecular complexity index is 294. The number of aliphatic hydroxyl groups is 4. The van der Waals surface area contributed by atoms with Gasteiger partial charge in [0.15, 0.2) is 0 Å². The van der Waals surface area contributed by atoms with Gasteiger partial charge in [-0.05, 0) is 0 Å². The quantitative estimate of drug-likeness (QED) is 0.313. The van der Waals surface area contributed by atoms with Gasteiger partial charge in [-0.3, -0.25) is 4.57 Å². The molecule has 0 saturated carbocycles. The van der Waals surface area contributed by atoms with Crippen LogP contribution in [0.5, 0.6) is 0 Å². The van der Waals surface area contributed by atoms with Crippen LogP contribution in [0, 0.1) is 0 Å². The van der Waals surface area contributed by atoms with Crippen LogP contribution >= 0.6 is 19.4 Å². The fourth-order valence-corrected chi connectivity index (χ4v) is 3.32. The monoisotopic (exact) mass is 290 g/mol. The summed E-state index contributed by atoms with van der Waals surface area (Å²) < 4.78 is 15.7. The van der Waals surface area contributed by atoms with Gasteiger partial charge in [0, 0.05) is 0 Å². The summed E-state index contributed by atoms with van der Waals surface area (Å²) in [6, 6.07) is 0. The van der Waals surface area contributed by atoms with Crippen LogP contribution in [-0.2, 0) is 9.30 Å². The Morgan fingerprint density at radius 2 is 1.71 bits per heavy atom. The highest BCUT2D eigenvalue weighted by atomic mass is 32.2. The van der Waals surface area contributed by atoms with E-state index < -0.39 is 49.5 Å². The Morgan fingerprint density at radius 1 is 1.12 bits per heavy atom. The molecule has 5 atom stereocenters. The fourth-order valence-electron chi connectivity index (χ4n) is 1.38. The summed E-state index contributed by atoms with van der Waals surface area (Å²) in [4.78, 5) is 17.3. The van der Waals surface area contributed by atoms with Gasteiger partial charge in [-0.15, -0.1) is 11.8 Å². The average molecular weight is 290 g/mol. The SMILES string of the molecule is O=P(O)(O)CS[C@@H]1O[C@H](CO)[C@@H](O)[C@H](O)[C@H]1O. The second-order valence-corrected chi connectivity index (χ2v) is 6.82. The van der Waals surface area contributed by atoms with Crippen molar-refractivity contribution in [3.8, 4) is 0 Å². The molecule has 1 aliphatic heterocycles. The van der Waals surface area contributed by atoms with Crippen LogP contribution in [0.25, 0.3) is 0 Å². The standard InChI is InChI=1S/C7H15O8PS/c8-1-3-4(9)5(10)6(11)7(15-3)17-2-16(12,13)14/h3-11H,1-2H2,(H2,12,13,14)/t3-,4-,5+,6-,7+/m1/s1. The lowest BCUT2D eigenvalue weighted by molar-refractivity contribution is -0.205. The van der Waals surface area contributed by atoms with Gasteiger partial charge in [-0.1, -0.05) is 0 Å². The third-order valence-electron chi connectivity index (χ3n) is 2.26. The molecule has 0 aromatic rings. The number of hydrogen-bond donors (Lipinski definition) is 6. The van der Waals surface area contributed by atoms with Gasteiger partial charge >= 0.3 is 7.60 Å². The van der Waals surface area contributed by atoms with Crippen molar-refractivity contribution in [3.63, 3.8) is 0 Å². The maximum absolute atomic E-state index is 10.7. The summed E-state index contributed by atoms with van der Waals surface area (Å²) in [6.45, 7) is -0.572. The van der Waals surface area contributed by atoms with Crippen molar-refractivity contribution in [2.45, 2.75) is 29.9 Å². The second kappa shape index (κ2) is 5.96. The topological polar surface area (TPSA) is 148 Å². The first-order chi connectivity index (χ1) is 7.76. The zero-order valence-electron chi connectivity index (χ0n) is 8.66. The van der Waals surface area contributed by atoms with E-state index in [0.717, 1.165) is 0 Å². The van der Waals surface area contributed by atoms with E-state index in [2.05, 4.69) is 0 Å².